The second-order valence-electron chi connectivity index (χ2n) is 7.32. The van der Waals surface area contributed by atoms with Crippen LogP contribution in [0.2, 0.25) is 5.02 Å². The Hall–Kier alpha value is -3.62. The minimum absolute atomic E-state index is 0.0456. The molecule has 2 aromatic heterocycles. The predicted molar refractivity (Wildman–Crippen MR) is 130 cm³/mol. The normalized spacial score (nSPS) is 19.3. The summed E-state index contributed by atoms with van der Waals surface area (Å²) < 4.78 is 5.29. The largest absolute Gasteiger partial charge is 0.479 e. The van der Waals surface area contributed by atoms with Gasteiger partial charge in [-0.3, -0.25) is 9.59 Å². The maximum Gasteiger partial charge on any atom is 0.243 e. The quantitative estimate of drug-likeness (QED) is 0.384. The summed E-state index contributed by atoms with van der Waals surface area (Å²) in [6.45, 7) is 0. The molecule has 2 unspecified atom stereocenters. The monoisotopic (exact) mass is 495 g/mol. The third kappa shape index (κ3) is 3.85. The third-order valence-electron chi connectivity index (χ3n) is 5.56. The van der Waals surface area contributed by atoms with Crippen molar-refractivity contribution in [1.29, 1.82) is 0 Å². The van der Waals surface area contributed by atoms with Gasteiger partial charge in [-0.25, -0.2) is 19.9 Å². The number of allylic oxidation sites excluding steroid dienone is 4. The second kappa shape index (κ2) is 9.70. The summed E-state index contributed by atoms with van der Waals surface area (Å²) in [5, 5.41) is 2.65. The van der Waals surface area contributed by atoms with Crippen LogP contribution in [0.5, 0.6) is 5.88 Å². The molecule has 1 aliphatic carbocycles. The van der Waals surface area contributed by atoms with E-state index in [1.165, 1.54) is 19.5 Å². The Morgan fingerprint density at radius 3 is 2.38 bits per heavy atom. The number of hydrogen-bond acceptors (Lipinski definition) is 8. The van der Waals surface area contributed by atoms with Crippen LogP contribution in [-0.4, -0.2) is 52.0 Å². The number of benzene rings is 1. The second-order valence-corrected chi connectivity index (χ2v) is 8.16. The fraction of sp³-hybridized carbons (Fsp3) is 0.167. The lowest BCUT2D eigenvalue weighted by atomic mass is 9.71. The Morgan fingerprint density at radius 2 is 1.74 bits per heavy atom. The number of aldehydes is 2. The van der Waals surface area contributed by atoms with Gasteiger partial charge in [-0.2, -0.15) is 0 Å². The number of ether oxygens (including phenoxy) is 1. The van der Waals surface area contributed by atoms with E-state index in [0.717, 1.165) is 11.1 Å². The molecule has 8 nitrogen and oxygen atoms in total. The van der Waals surface area contributed by atoms with Gasteiger partial charge in [0.1, 0.15) is 5.69 Å². The summed E-state index contributed by atoms with van der Waals surface area (Å²) >= 11 is 13.7. The zero-order valence-corrected chi connectivity index (χ0v) is 19.7. The molecule has 0 amide bonds. The molecule has 0 saturated heterocycles. The fourth-order valence-corrected chi connectivity index (χ4v) is 4.61. The van der Waals surface area contributed by atoms with Crippen LogP contribution in [-0.2, 0) is 5.41 Å². The van der Waals surface area contributed by atoms with Gasteiger partial charge >= 0.3 is 0 Å². The smallest absolute Gasteiger partial charge is 0.243 e. The van der Waals surface area contributed by atoms with Gasteiger partial charge in [0.05, 0.1) is 41.7 Å². The molecule has 172 valence electrons. The molecule has 1 N–H and O–H groups in total. The summed E-state index contributed by atoms with van der Waals surface area (Å²) in [6.07, 6.45) is 9.63. The first kappa shape index (κ1) is 23.5. The molecular formula is C24H19Cl2N5O3. The summed E-state index contributed by atoms with van der Waals surface area (Å²) in [6, 6.07) is 7.35. The molecule has 0 bridgehead atoms. The Kier molecular flexibility index (Phi) is 6.72. The molecule has 0 radical (unpaired) electrons. The minimum Gasteiger partial charge on any atom is -0.479 e. The van der Waals surface area contributed by atoms with Crippen LogP contribution >= 0.6 is 23.2 Å². The molecule has 3 aromatic rings. The van der Waals surface area contributed by atoms with Crippen molar-refractivity contribution in [3.63, 3.8) is 0 Å². The minimum atomic E-state index is -1.19. The Morgan fingerprint density at radius 1 is 1.06 bits per heavy atom. The SMILES string of the molecule is CNc1nc(C2(c3cnc(C=O)c(OC)n3)C=CC=C(c3ccccc3Cl)C2Cl)cnc1C=O. The molecule has 0 fully saturated rings. The number of methoxy groups -OCH3 is 1. The average molecular weight is 496 g/mol. The number of carbonyl (C=O) groups excluding carboxylic acids is 2. The van der Waals surface area contributed by atoms with Gasteiger partial charge < -0.3 is 10.1 Å². The Balaban J connectivity index is 2.00. The zero-order valence-electron chi connectivity index (χ0n) is 18.2. The molecule has 4 rings (SSSR count). The van der Waals surface area contributed by atoms with Crippen molar-refractivity contribution in [2.45, 2.75) is 10.8 Å². The topological polar surface area (TPSA) is 107 Å². The van der Waals surface area contributed by atoms with E-state index in [9.17, 15) is 9.59 Å². The molecule has 1 aliphatic rings. The number of alkyl halides is 1. The van der Waals surface area contributed by atoms with Crippen LogP contribution in [0.25, 0.3) is 5.57 Å². The Labute approximate surface area is 205 Å². The van der Waals surface area contributed by atoms with Crippen LogP contribution < -0.4 is 10.1 Å². The van der Waals surface area contributed by atoms with Gasteiger partial charge in [0.2, 0.25) is 5.88 Å². The van der Waals surface area contributed by atoms with Gasteiger partial charge in [0, 0.05) is 12.1 Å². The van der Waals surface area contributed by atoms with E-state index >= 15 is 0 Å². The molecule has 10 heteroatoms. The zero-order chi connectivity index (χ0) is 24.3. The molecule has 1 aromatic carbocycles. The highest BCUT2D eigenvalue weighted by atomic mass is 35.5. The van der Waals surface area contributed by atoms with Crippen molar-refractivity contribution in [3.8, 4) is 5.88 Å². The summed E-state index contributed by atoms with van der Waals surface area (Å²) in [5.41, 5.74) is 1.26. The van der Waals surface area contributed by atoms with Crippen molar-refractivity contribution in [2.24, 2.45) is 0 Å². The lowest BCUT2D eigenvalue weighted by Crippen LogP contribution is -2.40. The van der Waals surface area contributed by atoms with E-state index in [1.54, 1.807) is 13.1 Å². The third-order valence-corrected chi connectivity index (χ3v) is 6.47. The van der Waals surface area contributed by atoms with E-state index in [4.69, 9.17) is 27.9 Å². The summed E-state index contributed by atoms with van der Waals surface area (Å²) in [4.78, 5) is 40.6. The number of aromatic nitrogens is 4. The number of halogens is 2. The first-order valence-corrected chi connectivity index (χ1v) is 11.0. The van der Waals surface area contributed by atoms with Gasteiger partial charge in [-0.15, -0.1) is 11.6 Å². The van der Waals surface area contributed by atoms with Crippen molar-refractivity contribution < 1.29 is 14.3 Å². The molecule has 2 heterocycles. The molecule has 0 saturated carbocycles. The summed E-state index contributed by atoms with van der Waals surface area (Å²) in [7, 11) is 3.04. The van der Waals surface area contributed by atoms with E-state index in [0.29, 0.717) is 29.0 Å². The maximum absolute atomic E-state index is 11.4. The first-order valence-electron chi connectivity index (χ1n) is 10.2. The van der Waals surface area contributed by atoms with Crippen LogP contribution in [0.4, 0.5) is 5.82 Å². The first-order chi connectivity index (χ1) is 16.5. The van der Waals surface area contributed by atoms with Crippen molar-refractivity contribution in [3.05, 3.63) is 88.2 Å². The van der Waals surface area contributed by atoms with Crippen LogP contribution in [0.15, 0.2) is 54.9 Å². The Bertz CT molecular complexity index is 1270. The lowest BCUT2D eigenvalue weighted by Gasteiger charge is -2.37. The summed E-state index contributed by atoms with van der Waals surface area (Å²) in [5.74, 6) is 0.326. The van der Waals surface area contributed by atoms with Gasteiger partial charge in [0.25, 0.3) is 0 Å². The number of anilines is 1. The van der Waals surface area contributed by atoms with Gasteiger partial charge in [-0.05, 0) is 17.2 Å². The van der Waals surface area contributed by atoms with E-state index in [-0.39, 0.29) is 23.1 Å². The molecular weight excluding hydrogens is 477 g/mol. The highest BCUT2D eigenvalue weighted by Gasteiger charge is 2.46. The van der Waals surface area contributed by atoms with E-state index in [1.807, 2.05) is 36.4 Å². The predicted octanol–water partition coefficient (Wildman–Crippen LogP) is 4.14. The number of carbonyl (C=O) groups is 2. The van der Waals surface area contributed by atoms with Crippen LogP contribution in [0.3, 0.4) is 0 Å². The van der Waals surface area contributed by atoms with Crippen LogP contribution in [0, 0.1) is 0 Å². The average Bonchev–Trinajstić information content (AvgIpc) is 2.88. The van der Waals surface area contributed by atoms with E-state index in [2.05, 4.69) is 25.3 Å². The standard InChI is InChI=1S/C24H19Cl2N5O3/c1-27-22-17(12-32)28-10-19(30-22)24(20-11-29-18(13-33)23(31-20)34-2)9-5-7-15(21(24)26)14-6-3-4-8-16(14)25/h3-13,21H,1-2H3,(H,27,30). The lowest BCUT2D eigenvalue weighted by molar-refractivity contribution is 0.110. The van der Waals surface area contributed by atoms with Crippen molar-refractivity contribution >= 4 is 47.2 Å². The molecule has 0 spiro atoms. The number of nitrogens with zero attached hydrogens (tertiary/aromatic N) is 4. The van der Waals surface area contributed by atoms with Crippen LogP contribution in [0.1, 0.15) is 37.9 Å². The number of hydrogen-bond donors (Lipinski definition) is 1. The van der Waals surface area contributed by atoms with Crippen molar-refractivity contribution in [2.75, 3.05) is 19.5 Å². The van der Waals surface area contributed by atoms with Gasteiger partial charge in [0.15, 0.2) is 24.1 Å². The molecule has 34 heavy (non-hydrogen) atoms. The van der Waals surface area contributed by atoms with Crippen molar-refractivity contribution in [1.82, 2.24) is 19.9 Å². The van der Waals surface area contributed by atoms with Gasteiger partial charge in [-0.1, -0.05) is 48.0 Å². The number of rotatable bonds is 7. The highest BCUT2D eigenvalue weighted by Crippen LogP contribution is 2.47. The highest BCUT2D eigenvalue weighted by molar-refractivity contribution is 6.34. The molecule has 0 aliphatic heterocycles. The number of nitrogens with one attached hydrogen (secondary N) is 1. The van der Waals surface area contributed by atoms with E-state index < -0.39 is 10.8 Å². The maximum atomic E-state index is 11.4. The molecule has 2 atom stereocenters. The fourth-order valence-electron chi connectivity index (χ4n) is 3.88.